The van der Waals surface area contributed by atoms with E-state index >= 15 is 0 Å². The molecule has 0 saturated heterocycles. The fourth-order valence-electron chi connectivity index (χ4n) is 1.35. The van der Waals surface area contributed by atoms with Crippen LogP contribution < -0.4 is 10.2 Å². The van der Waals surface area contributed by atoms with Crippen molar-refractivity contribution in [1.29, 1.82) is 0 Å². The van der Waals surface area contributed by atoms with Crippen LogP contribution in [-0.2, 0) is 0 Å². The lowest BCUT2D eigenvalue weighted by Gasteiger charge is -2.21. The van der Waals surface area contributed by atoms with Crippen LogP contribution in [0.5, 0.6) is 0 Å². The topological polar surface area (TPSA) is 71.3 Å². The molecule has 16 heavy (non-hydrogen) atoms. The molecule has 0 aliphatic rings. The van der Waals surface area contributed by atoms with Crippen LogP contribution in [0.3, 0.4) is 0 Å². The Morgan fingerprint density at radius 1 is 1.56 bits per heavy atom. The van der Waals surface area contributed by atoms with Gasteiger partial charge in [0.15, 0.2) is 0 Å². The summed E-state index contributed by atoms with van der Waals surface area (Å²) in [5.41, 5.74) is 0.0217. The Morgan fingerprint density at radius 2 is 2.31 bits per heavy atom. The van der Waals surface area contributed by atoms with Crippen molar-refractivity contribution in [2.45, 2.75) is 6.92 Å². The van der Waals surface area contributed by atoms with Gasteiger partial charge in [0.2, 0.25) is 0 Å². The Labute approximate surface area is 94.4 Å². The summed E-state index contributed by atoms with van der Waals surface area (Å²) in [5, 5.41) is 13.5. The Bertz CT molecular complexity index is 339. The fraction of sp³-hybridized carbons (Fsp3) is 0.500. The van der Waals surface area contributed by atoms with Gasteiger partial charge < -0.3 is 10.2 Å². The zero-order valence-electron chi connectivity index (χ0n) is 9.51. The van der Waals surface area contributed by atoms with E-state index in [1.165, 1.54) is 12.3 Å². The minimum absolute atomic E-state index is 0.0217. The molecule has 0 aromatic carbocycles. The average Bonchev–Trinajstić information content (AvgIpc) is 2.30. The summed E-state index contributed by atoms with van der Waals surface area (Å²) in [6.45, 7) is 4.54. The van der Waals surface area contributed by atoms with Gasteiger partial charge in [-0.05, 0) is 20.0 Å². The molecule has 6 nitrogen and oxygen atoms in total. The molecule has 6 heteroatoms. The SMILES string of the molecule is CCN(CCNC)c1ccc([N+](=O)[O-])cn1. The largest absolute Gasteiger partial charge is 0.356 e. The van der Waals surface area contributed by atoms with Crippen molar-refractivity contribution >= 4 is 11.5 Å². The molecular weight excluding hydrogens is 208 g/mol. The zero-order valence-corrected chi connectivity index (χ0v) is 9.51. The van der Waals surface area contributed by atoms with E-state index in [-0.39, 0.29) is 5.69 Å². The third-order valence-corrected chi connectivity index (χ3v) is 2.28. The Kier molecular flexibility index (Phi) is 4.65. The molecule has 1 N–H and O–H groups in total. The zero-order chi connectivity index (χ0) is 12.0. The Hall–Kier alpha value is -1.69. The van der Waals surface area contributed by atoms with Crippen LogP contribution >= 0.6 is 0 Å². The molecule has 88 valence electrons. The van der Waals surface area contributed by atoms with Crippen molar-refractivity contribution in [2.75, 3.05) is 31.6 Å². The summed E-state index contributed by atoms with van der Waals surface area (Å²) in [7, 11) is 1.89. The van der Waals surface area contributed by atoms with Gasteiger partial charge in [-0.25, -0.2) is 4.98 Å². The standard InChI is InChI=1S/C10H16N4O2/c1-3-13(7-6-11-2)10-5-4-9(8-12-10)14(15)16/h4-5,8,11H,3,6-7H2,1-2H3. The van der Waals surface area contributed by atoms with Gasteiger partial charge in [-0.1, -0.05) is 0 Å². The normalized spacial score (nSPS) is 10.1. The Morgan fingerprint density at radius 3 is 2.75 bits per heavy atom. The van der Waals surface area contributed by atoms with Gasteiger partial charge >= 0.3 is 0 Å². The highest BCUT2D eigenvalue weighted by Gasteiger charge is 2.08. The van der Waals surface area contributed by atoms with Crippen LogP contribution in [0.1, 0.15) is 6.92 Å². The molecule has 1 heterocycles. The van der Waals surface area contributed by atoms with Gasteiger partial charge in [-0.3, -0.25) is 10.1 Å². The van der Waals surface area contributed by atoms with Crippen molar-refractivity contribution in [3.63, 3.8) is 0 Å². The third kappa shape index (κ3) is 3.16. The minimum atomic E-state index is -0.444. The lowest BCUT2D eigenvalue weighted by Crippen LogP contribution is -2.31. The molecule has 0 aliphatic heterocycles. The highest BCUT2D eigenvalue weighted by atomic mass is 16.6. The highest BCUT2D eigenvalue weighted by molar-refractivity contribution is 5.42. The highest BCUT2D eigenvalue weighted by Crippen LogP contribution is 2.15. The van der Waals surface area contributed by atoms with Gasteiger partial charge in [0.1, 0.15) is 12.0 Å². The average molecular weight is 224 g/mol. The van der Waals surface area contributed by atoms with Crippen LogP contribution in [0.4, 0.5) is 11.5 Å². The van der Waals surface area contributed by atoms with E-state index in [9.17, 15) is 10.1 Å². The summed E-state index contributed by atoms with van der Waals surface area (Å²) in [5.74, 6) is 0.767. The molecule has 1 aromatic rings. The number of hydrogen-bond donors (Lipinski definition) is 1. The number of nitrogens with zero attached hydrogens (tertiary/aromatic N) is 3. The number of hydrogen-bond acceptors (Lipinski definition) is 5. The molecule has 0 atom stereocenters. The molecule has 0 spiro atoms. The smallest absolute Gasteiger partial charge is 0.287 e. The van der Waals surface area contributed by atoms with Gasteiger partial charge in [0.25, 0.3) is 5.69 Å². The molecule has 0 aliphatic carbocycles. The second-order valence-electron chi connectivity index (χ2n) is 3.31. The van der Waals surface area contributed by atoms with E-state index in [0.717, 1.165) is 25.5 Å². The number of rotatable bonds is 6. The van der Waals surface area contributed by atoms with E-state index in [2.05, 4.69) is 15.2 Å². The van der Waals surface area contributed by atoms with Gasteiger partial charge in [-0.2, -0.15) is 0 Å². The van der Waals surface area contributed by atoms with Crippen LogP contribution in [-0.4, -0.2) is 36.6 Å². The first-order chi connectivity index (χ1) is 7.69. The quantitative estimate of drug-likeness (QED) is 0.577. The molecule has 0 radical (unpaired) electrons. The van der Waals surface area contributed by atoms with Crippen LogP contribution in [0.2, 0.25) is 0 Å². The molecule has 1 aromatic heterocycles. The maximum atomic E-state index is 10.5. The van der Waals surface area contributed by atoms with Gasteiger partial charge in [0, 0.05) is 25.7 Å². The van der Waals surface area contributed by atoms with Crippen molar-refractivity contribution in [3.05, 3.63) is 28.4 Å². The number of nitro groups is 1. The first-order valence-electron chi connectivity index (χ1n) is 5.19. The maximum absolute atomic E-state index is 10.5. The fourth-order valence-corrected chi connectivity index (χ4v) is 1.35. The predicted octanol–water partition coefficient (Wildman–Crippen LogP) is 1.04. The van der Waals surface area contributed by atoms with E-state index in [1.807, 2.05) is 14.0 Å². The predicted molar refractivity (Wildman–Crippen MR) is 62.7 cm³/mol. The minimum Gasteiger partial charge on any atom is -0.356 e. The lowest BCUT2D eigenvalue weighted by atomic mass is 10.3. The van der Waals surface area contributed by atoms with Crippen LogP contribution in [0.15, 0.2) is 18.3 Å². The van der Waals surface area contributed by atoms with E-state index in [0.29, 0.717) is 0 Å². The number of anilines is 1. The van der Waals surface area contributed by atoms with E-state index < -0.39 is 4.92 Å². The number of pyridine rings is 1. The summed E-state index contributed by atoms with van der Waals surface area (Å²) in [4.78, 5) is 16.2. The second-order valence-corrected chi connectivity index (χ2v) is 3.31. The van der Waals surface area contributed by atoms with Crippen molar-refractivity contribution in [2.24, 2.45) is 0 Å². The molecule has 1 rings (SSSR count). The van der Waals surface area contributed by atoms with Crippen molar-refractivity contribution in [3.8, 4) is 0 Å². The first-order valence-corrected chi connectivity index (χ1v) is 5.19. The Balaban J connectivity index is 2.74. The molecule has 0 unspecified atom stereocenters. The van der Waals surface area contributed by atoms with E-state index in [1.54, 1.807) is 6.07 Å². The van der Waals surface area contributed by atoms with Crippen LogP contribution in [0, 0.1) is 10.1 Å². The van der Waals surface area contributed by atoms with Crippen LogP contribution in [0.25, 0.3) is 0 Å². The molecular formula is C10H16N4O2. The van der Waals surface area contributed by atoms with Crippen molar-refractivity contribution in [1.82, 2.24) is 10.3 Å². The van der Waals surface area contributed by atoms with Gasteiger partial charge in [0.05, 0.1) is 4.92 Å². The summed E-state index contributed by atoms with van der Waals surface area (Å²) in [6.07, 6.45) is 1.29. The second kappa shape index (κ2) is 6.02. The third-order valence-electron chi connectivity index (χ3n) is 2.28. The molecule has 0 saturated carbocycles. The monoisotopic (exact) mass is 224 g/mol. The van der Waals surface area contributed by atoms with E-state index in [4.69, 9.17) is 0 Å². The maximum Gasteiger partial charge on any atom is 0.287 e. The summed E-state index contributed by atoms with van der Waals surface area (Å²) < 4.78 is 0. The van der Waals surface area contributed by atoms with Crippen molar-refractivity contribution < 1.29 is 4.92 Å². The molecule has 0 fully saturated rings. The summed E-state index contributed by atoms with van der Waals surface area (Å²) in [6, 6.07) is 3.15. The number of likely N-dealkylation sites (N-methyl/N-ethyl adjacent to an activating group) is 2. The summed E-state index contributed by atoms with van der Waals surface area (Å²) >= 11 is 0. The number of aromatic nitrogens is 1. The molecule has 0 amide bonds. The first kappa shape index (κ1) is 12.4. The molecule has 0 bridgehead atoms. The lowest BCUT2D eigenvalue weighted by molar-refractivity contribution is -0.385. The number of nitrogens with one attached hydrogen (secondary N) is 1. The van der Waals surface area contributed by atoms with Gasteiger partial charge in [-0.15, -0.1) is 0 Å².